The summed E-state index contributed by atoms with van der Waals surface area (Å²) in [5, 5.41) is 1.11. The number of hydrogen-bond donors (Lipinski definition) is 0. The summed E-state index contributed by atoms with van der Waals surface area (Å²) in [5.74, 6) is 0.634. The van der Waals surface area contributed by atoms with E-state index in [1.54, 1.807) is 11.5 Å². The molecule has 0 bridgehead atoms. The predicted octanol–water partition coefficient (Wildman–Crippen LogP) is 3.92. The number of benzene rings is 1. The quantitative estimate of drug-likeness (QED) is 0.736. The Labute approximate surface area is 118 Å². The summed E-state index contributed by atoms with van der Waals surface area (Å²) in [6.07, 6.45) is 6.40. The third-order valence-electron chi connectivity index (χ3n) is 4.25. The second-order valence-electron chi connectivity index (χ2n) is 5.68. The lowest BCUT2D eigenvalue weighted by Crippen LogP contribution is -2.05. The third-order valence-corrected chi connectivity index (χ3v) is 4.25. The Hall–Kier alpha value is -1.90. The molecule has 1 unspecified atom stereocenters. The topological polar surface area (TPSA) is 39.1 Å². The summed E-state index contributed by atoms with van der Waals surface area (Å²) in [6.45, 7) is 1.58. The van der Waals surface area contributed by atoms with Gasteiger partial charge in [-0.15, -0.1) is 0 Å². The minimum atomic E-state index is 0.0207. The number of aromatic nitrogens is 1. The van der Waals surface area contributed by atoms with Gasteiger partial charge in [0.2, 0.25) is 5.91 Å². The first-order chi connectivity index (χ1) is 9.66. The maximum atomic E-state index is 11.9. The van der Waals surface area contributed by atoms with Crippen LogP contribution in [0.3, 0.4) is 0 Å². The van der Waals surface area contributed by atoms with E-state index < -0.39 is 0 Å². The van der Waals surface area contributed by atoms with Gasteiger partial charge in [0.05, 0.1) is 5.52 Å². The van der Waals surface area contributed by atoms with Gasteiger partial charge >= 0.3 is 0 Å². The molecule has 0 aliphatic heterocycles. The van der Waals surface area contributed by atoms with Crippen molar-refractivity contribution in [3.05, 3.63) is 36.0 Å². The summed E-state index contributed by atoms with van der Waals surface area (Å²) in [6, 6.07) is 7.97. The fraction of sp³-hybridized carbons (Fsp3) is 0.412. The maximum absolute atomic E-state index is 11.9. The van der Waals surface area contributed by atoms with E-state index in [0.717, 1.165) is 35.7 Å². The minimum absolute atomic E-state index is 0.0207. The molecule has 1 aliphatic rings. The maximum Gasteiger partial charge on any atom is 0.227 e. The molecular formula is C17H19NO2. The van der Waals surface area contributed by atoms with Crippen molar-refractivity contribution >= 4 is 22.6 Å². The molecular weight excluding hydrogens is 250 g/mol. The highest BCUT2D eigenvalue weighted by atomic mass is 16.1. The summed E-state index contributed by atoms with van der Waals surface area (Å²) < 4.78 is 1.71. The average molecular weight is 269 g/mol. The first-order valence-corrected chi connectivity index (χ1v) is 7.29. The highest BCUT2D eigenvalue weighted by Crippen LogP contribution is 2.35. The van der Waals surface area contributed by atoms with Crippen LogP contribution >= 0.6 is 0 Å². The van der Waals surface area contributed by atoms with Gasteiger partial charge in [-0.3, -0.25) is 14.2 Å². The number of para-hydroxylation sites is 1. The standard InChI is InChI=1S/C17H19NO2/c1-12(19)18-11-16(15-8-4-5-9-17(15)18)13-6-2-3-7-14(20)10-13/h4-5,8-9,11,13H,2-3,6-7,10H2,1H3. The van der Waals surface area contributed by atoms with Gasteiger partial charge in [0.15, 0.2) is 0 Å². The second kappa shape index (κ2) is 5.23. The molecule has 104 valence electrons. The molecule has 0 radical (unpaired) electrons. The predicted molar refractivity (Wildman–Crippen MR) is 79.1 cm³/mol. The van der Waals surface area contributed by atoms with Crippen LogP contribution in [0.4, 0.5) is 0 Å². The number of nitrogens with zero attached hydrogens (tertiary/aromatic N) is 1. The molecule has 1 saturated carbocycles. The average Bonchev–Trinajstić information content (AvgIpc) is 2.69. The highest BCUT2D eigenvalue weighted by molar-refractivity contribution is 5.94. The van der Waals surface area contributed by atoms with Gasteiger partial charge < -0.3 is 0 Å². The molecule has 1 aliphatic carbocycles. The van der Waals surface area contributed by atoms with Gasteiger partial charge in [0.25, 0.3) is 0 Å². The lowest BCUT2D eigenvalue weighted by molar-refractivity contribution is -0.119. The Morgan fingerprint density at radius 3 is 2.85 bits per heavy atom. The van der Waals surface area contributed by atoms with Crippen LogP contribution in [0.15, 0.2) is 30.5 Å². The molecule has 3 heteroatoms. The fourth-order valence-corrected chi connectivity index (χ4v) is 3.25. The summed E-state index contributed by atoms with van der Waals surface area (Å²) in [4.78, 5) is 23.7. The number of fused-ring (bicyclic) bond motifs is 1. The van der Waals surface area contributed by atoms with Gasteiger partial charge in [0.1, 0.15) is 5.78 Å². The molecule has 1 atom stereocenters. The van der Waals surface area contributed by atoms with Gasteiger partial charge in [0, 0.05) is 31.3 Å². The van der Waals surface area contributed by atoms with Crippen molar-refractivity contribution in [2.45, 2.75) is 44.9 Å². The number of Topliss-reactive ketones (excluding diaryl/α,β-unsaturated/α-hetero) is 1. The summed E-state index contributed by atoms with van der Waals surface area (Å²) >= 11 is 0. The van der Waals surface area contributed by atoms with E-state index in [1.807, 2.05) is 24.4 Å². The van der Waals surface area contributed by atoms with Gasteiger partial charge in [-0.05, 0) is 30.4 Å². The molecule has 3 nitrogen and oxygen atoms in total. The highest BCUT2D eigenvalue weighted by Gasteiger charge is 2.23. The van der Waals surface area contributed by atoms with E-state index in [1.165, 1.54) is 0 Å². The van der Waals surface area contributed by atoms with Gasteiger partial charge in [-0.2, -0.15) is 0 Å². The molecule has 2 aromatic rings. The Morgan fingerprint density at radius 2 is 2.05 bits per heavy atom. The van der Waals surface area contributed by atoms with Crippen molar-refractivity contribution in [1.82, 2.24) is 4.57 Å². The molecule has 0 saturated heterocycles. The molecule has 0 N–H and O–H groups in total. The van der Waals surface area contributed by atoms with Crippen LogP contribution in [0, 0.1) is 0 Å². The number of rotatable bonds is 1. The first-order valence-electron chi connectivity index (χ1n) is 7.29. The number of carbonyl (C=O) groups excluding carboxylic acids is 2. The zero-order valence-electron chi connectivity index (χ0n) is 11.8. The van der Waals surface area contributed by atoms with E-state index in [2.05, 4.69) is 6.07 Å². The molecule has 1 aromatic carbocycles. The van der Waals surface area contributed by atoms with Crippen molar-refractivity contribution in [3.8, 4) is 0 Å². The van der Waals surface area contributed by atoms with Crippen LogP contribution < -0.4 is 0 Å². The monoisotopic (exact) mass is 269 g/mol. The minimum Gasteiger partial charge on any atom is -0.300 e. The van der Waals surface area contributed by atoms with Gasteiger partial charge in [-0.1, -0.05) is 24.6 Å². The normalized spacial score (nSPS) is 20.1. The molecule has 1 heterocycles. The van der Waals surface area contributed by atoms with Crippen molar-refractivity contribution < 1.29 is 9.59 Å². The van der Waals surface area contributed by atoms with E-state index >= 15 is 0 Å². The van der Waals surface area contributed by atoms with E-state index in [9.17, 15) is 9.59 Å². The van der Waals surface area contributed by atoms with Crippen LogP contribution in [0.25, 0.3) is 10.9 Å². The molecule has 3 rings (SSSR count). The van der Waals surface area contributed by atoms with E-state index in [4.69, 9.17) is 0 Å². The largest absolute Gasteiger partial charge is 0.300 e. The van der Waals surface area contributed by atoms with Crippen molar-refractivity contribution in [1.29, 1.82) is 0 Å². The van der Waals surface area contributed by atoms with Crippen LogP contribution in [-0.2, 0) is 4.79 Å². The Balaban J connectivity index is 2.11. The Morgan fingerprint density at radius 1 is 1.25 bits per heavy atom. The molecule has 0 amide bonds. The Bertz CT molecular complexity index is 669. The van der Waals surface area contributed by atoms with Crippen LogP contribution in [0.5, 0.6) is 0 Å². The molecule has 20 heavy (non-hydrogen) atoms. The van der Waals surface area contributed by atoms with Crippen LogP contribution in [0.1, 0.15) is 55.3 Å². The smallest absolute Gasteiger partial charge is 0.227 e. The summed E-state index contributed by atoms with van der Waals surface area (Å²) in [7, 11) is 0. The lowest BCUT2D eigenvalue weighted by atomic mass is 9.91. The molecule has 1 aromatic heterocycles. The Kier molecular flexibility index (Phi) is 3.43. The van der Waals surface area contributed by atoms with E-state index in [0.29, 0.717) is 18.6 Å². The summed E-state index contributed by atoms with van der Waals surface area (Å²) in [5.41, 5.74) is 2.11. The number of hydrogen-bond acceptors (Lipinski definition) is 2. The van der Waals surface area contributed by atoms with Crippen molar-refractivity contribution in [2.24, 2.45) is 0 Å². The number of carbonyl (C=O) groups is 2. The third kappa shape index (κ3) is 2.28. The SMILES string of the molecule is CC(=O)n1cc(C2CCCCC(=O)C2)c2ccccc21. The van der Waals surface area contributed by atoms with E-state index in [-0.39, 0.29) is 11.8 Å². The number of ketones is 1. The van der Waals surface area contributed by atoms with Crippen LogP contribution in [-0.4, -0.2) is 16.3 Å². The van der Waals surface area contributed by atoms with Crippen molar-refractivity contribution in [2.75, 3.05) is 0 Å². The zero-order chi connectivity index (χ0) is 14.1. The molecule has 1 fully saturated rings. The fourth-order valence-electron chi connectivity index (χ4n) is 3.25. The lowest BCUT2D eigenvalue weighted by Gasteiger charge is -2.12. The zero-order valence-corrected chi connectivity index (χ0v) is 11.8. The van der Waals surface area contributed by atoms with Crippen LogP contribution in [0.2, 0.25) is 0 Å². The van der Waals surface area contributed by atoms with Gasteiger partial charge in [-0.25, -0.2) is 0 Å². The molecule has 0 spiro atoms. The first kappa shape index (κ1) is 13.1. The van der Waals surface area contributed by atoms with Crippen molar-refractivity contribution in [3.63, 3.8) is 0 Å². The second-order valence-corrected chi connectivity index (χ2v) is 5.68.